The van der Waals surface area contributed by atoms with Gasteiger partial charge in [0.2, 0.25) is 0 Å². The van der Waals surface area contributed by atoms with E-state index in [0.29, 0.717) is 21.7 Å². The number of ether oxygens (including phenoxy) is 1. The molecule has 0 N–H and O–H groups in total. The van der Waals surface area contributed by atoms with Crippen LogP contribution in [-0.2, 0) is 17.9 Å². The van der Waals surface area contributed by atoms with Gasteiger partial charge in [0.25, 0.3) is 5.56 Å². The summed E-state index contributed by atoms with van der Waals surface area (Å²) in [6.45, 7) is 7.41. The van der Waals surface area contributed by atoms with Gasteiger partial charge in [-0.2, -0.15) is 0 Å². The summed E-state index contributed by atoms with van der Waals surface area (Å²) in [4.78, 5) is 38.0. The van der Waals surface area contributed by atoms with Gasteiger partial charge in [-0.1, -0.05) is 37.6 Å². The van der Waals surface area contributed by atoms with Crippen LogP contribution in [0.4, 0.5) is 0 Å². The summed E-state index contributed by atoms with van der Waals surface area (Å²) >= 11 is 6.21. The first-order valence-corrected chi connectivity index (χ1v) is 9.85. The Labute approximate surface area is 173 Å². The quantitative estimate of drug-likeness (QED) is 0.469. The fraction of sp³-hybridized carbons (Fsp3) is 0.318. The molecule has 3 aromatic rings. The largest absolute Gasteiger partial charge is 0.425 e. The smallest absolute Gasteiger partial charge is 0.332 e. The molecule has 1 heterocycles. The number of hydrogen-bond acceptors (Lipinski definition) is 4. The van der Waals surface area contributed by atoms with E-state index in [4.69, 9.17) is 16.3 Å². The molecule has 0 spiro atoms. The van der Waals surface area contributed by atoms with E-state index in [-0.39, 0.29) is 24.6 Å². The van der Waals surface area contributed by atoms with Crippen molar-refractivity contribution >= 4 is 28.5 Å². The summed E-state index contributed by atoms with van der Waals surface area (Å²) in [7, 11) is 0. The molecule has 0 saturated heterocycles. The van der Waals surface area contributed by atoms with Crippen LogP contribution in [-0.4, -0.2) is 15.1 Å². The molecule has 0 aliphatic carbocycles. The van der Waals surface area contributed by atoms with E-state index in [9.17, 15) is 14.4 Å². The van der Waals surface area contributed by atoms with E-state index in [2.05, 4.69) is 0 Å². The Kier molecular flexibility index (Phi) is 5.94. The fourth-order valence-electron chi connectivity index (χ4n) is 3.30. The van der Waals surface area contributed by atoms with Gasteiger partial charge in [-0.05, 0) is 55.2 Å². The zero-order chi connectivity index (χ0) is 21.3. The first kappa shape index (κ1) is 20.9. The van der Waals surface area contributed by atoms with Crippen LogP contribution in [0.5, 0.6) is 5.75 Å². The van der Waals surface area contributed by atoms with Crippen LogP contribution >= 0.6 is 11.6 Å². The molecule has 0 amide bonds. The van der Waals surface area contributed by atoms with E-state index in [1.807, 2.05) is 20.8 Å². The molecule has 6 nitrogen and oxygen atoms in total. The van der Waals surface area contributed by atoms with E-state index < -0.39 is 11.7 Å². The highest BCUT2D eigenvalue weighted by molar-refractivity contribution is 6.31. The number of carbonyl (C=O) groups excluding carboxylic acids is 1. The topological polar surface area (TPSA) is 70.3 Å². The van der Waals surface area contributed by atoms with Crippen molar-refractivity contribution in [3.63, 3.8) is 0 Å². The number of benzene rings is 2. The molecule has 0 bridgehead atoms. The lowest BCUT2D eigenvalue weighted by molar-refractivity contribution is -0.135. The third kappa shape index (κ3) is 3.98. The van der Waals surface area contributed by atoms with Gasteiger partial charge >= 0.3 is 11.7 Å². The third-order valence-corrected chi connectivity index (χ3v) is 5.28. The molecule has 7 heteroatoms. The molecule has 0 unspecified atom stereocenters. The van der Waals surface area contributed by atoms with Crippen molar-refractivity contribution in [1.29, 1.82) is 0 Å². The molecule has 152 valence electrons. The standard InChI is InChI=1S/C22H23ClN2O4/c1-5-24-21(27)15-8-6-7-9-18(15)25(22(24)28)12-20(26)29-19-10-14(4)17(23)11-16(19)13(2)3/h6-11,13H,5,12H2,1-4H3. The molecular weight excluding hydrogens is 392 g/mol. The Morgan fingerprint density at radius 3 is 2.48 bits per heavy atom. The van der Waals surface area contributed by atoms with Crippen LogP contribution in [0.3, 0.4) is 0 Å². The lowest BCUT2D eigenvalue weighted by Crippen LogP contribution is -2.41. The number of esters is 1. The highest BCUT2D eigenvalue weighted by Crippen LogP contribution is 2.32. The lowest BCUT2D eigenvalue weighted by atomic mass is 10.0. The molecule has 0 radical (unpaired) electrons. The minimum Gasteiger partial charge on any atom is -0.425 e. The summed E-state index contributed by atoms with van der Waals surface area (Å²) in [6.07, 6.45) is 0. The monoisotopic (exact) mass is 414 g/mol. The summed E-state index contributed by atoms with van der Waals surface area (Å²) in [5.41, 5.74) is 1.10. The highest BCUT2D eigenvalue weighted by atomic mass is 35.5. The number of fused-ring (bicyclic) bond motifs is 1. The molecule has 0 saturated carbocycles. The Bertz CT molecular complexity index is 1210. The van der Waals surface area contributed by atoms with Gasteiger partial charge in [-0.15, -0.1) is 0 Å². The average molecular weight is 415 g/mol. The highest BCUT2D eigenvalue weighted by Gasteiger charge is 2.18. The van der Waals surface area contributed by atoms with Crippen molar-refractivity contribution in [3.8, 4) is 5.75 Å². The minimum atomic E-state index is -0.595. The van der Waals surface area contributed by atoms with Crippen molar-refractivity contribution in [3.05, 3.63) is 73.4 Å². The molecule has 2 aromatic carbocycles. The van der Waals surface area contributed by atoms with E-state index in [1.54, 1.807) is 43.3 Å². The van der Waals surface area contributed by atoms with Gasteiger partial charge in [-0.3, -0.25) is 13.9 Å². The molecule has 0 fully saturated rings. The third-order valence-electron chi connectivity index (χ3n) is 4.87. The van der Waals surface area contributed by atoms with Crippen molar-refractivity contribution in [2.45, 2.75) is 46.7 Å². The summed E-state index contributed by atoms with van der Waals surface area (Å²) in [6, 6.07) is 10.3. The van der Waals surface area contributed by atoms with E-state index in [1.165, 1.54) is 4.57 Å². The molecule has 0 atom stereocenters. The first-order chi connectivity index (χ1) is 13.7. The predicted molar refractivity (Wildman–Crippen MR) is 114 cm³/mol. The van der Waals surface area contributed by atoms with Crippen molar-refractivity contribution in [2.24, 2.45) is 0 Å². The van der Waals surface area contributed by atoms with Crippen molar-refractivity contribution in [2.75, 3.05) is 0 Å². The van der Waals surface area contributed by atoms with Crippen LogP contribution in [0, 0.1) is 6.92 Å². The maximum atomic E-state index is 12.8. The number of aromatic nitrogens is 2. The number of rotatable bonds is 5. The molecule has 0 aliphatic rings. The lowest BCUT2D eigenvalue weighted by Gasteiger charge is -2.16. The van der Waals surface area contributed by atoms with Crippen LogP contribution in [0.2, 0.25) is 5.02 Å². The Morgan fingerprint density at radius 2 is 1.83 bits per heavy atom. The second kappa shape index (κ2) is 8.25. The van der Waals surface area contributed by atoms with Crippen molar-refractivity contribution < 1.29 is 9.53 Å². The normalized spacial score (nSPS) is 11.2. The zero-order valence-electron chi connectivity index (χ0n) is 16.9. The molecule has 0 aliphatic heterocycles. The number of halogens is 1. The average Bonchev–Trinajstić information content (AvgIpc) is 2.68. The second-order valence-electron chi connectivity index (χ2n) is 7.20. The number of para-hydroxylation sites is 1. The summed E-state index contributed by atoms with van der Waals surface area (Å²) < 4.78 is 8.00. The number of carbonyl (C=O) groups is 1. The summed E-state index contributed by atoms with van der Waals surface area (Å²) in [5.74, 6) is -0.0725. The van der Waals surface area contributed by atoms with Crippen molar-refractivity contribution in [1.82, 2.24) is 9.13 Å². The molecule has 1 aromatic heterocycles. The van der Waals surface area contributed by atoms with E-state index >= 15 is 0 Å². The Balaban J connectivity index is 2.03. The fourth-order valence-corrected chi connectivity index (χ4v) is 3.47. The van der Waals surface area contributed by atoms with Gasteiger partial charge in [0.05, 0.1) is 10.9 Å². The number of hydrogen-bond donors (Lipinski definition) is 0. The van der Waals surface area contributed by atoms with Gasteiger partial charge in [0.15, 0.2) is 0 Å². The second-order valence-corrected chi connectivity index (χ2v) is 7.61. The number of aryl methyl sites for hydroxylation is 1. The predicted octanol–water partition coefficient (Wildman–Crippen LogP) is 3.87. The minimum absolute atomic E-state index is 0.0986. The summed E-state index contributed by atoms with van der Waals surface area (Å²) in [5, 5.41) is 0.984. The molecular formula is C22H23ClN2O4. The Hall–Kier alpha value is -2.86. The maximum Gasteiger partial charge on any atom is 0.332 e. The SMILES string of the molecule is CCn1c(=O)c2ccccc2n(CC(=O)Oc2cc(C)c(Cl)cc2C(C)C)c1=O. The van der Waals surface area contributed by atoms with Gasteiger partial charge in [-0.25, -0.2) is 9.59 Å². The Morgan fingerprint density at radius 1 is 1.14 bits per heavy atom. The maximum absolute atomic E-state index is 12.8. The van der Waals surface area contributed by atoms with E-state index in [0.717, 1.165) is 15.7 Å². The van der Waals surface area contributed by atoms with Gasteiger partial charge in [0.1, 0.15) is 12.3 Å². The molecule has 29 heavy (non-hydrogen) atoms. The van der Waals surface area contributed by atoms with Gasteiger partial charge < -0.3 is 4.74 Å². The van der Waals surface area contributed by atoms with Crippen LogP contribution in [0.1, 0.15) is 37.8 Å². The van der Waals surface area contributed by atoms with Crippen LogP contribution in [0.15, 0.2) is 46.0 Å². The van der Waals surface area contributed by atoms with Crippen LogP contribution < -0.4 is 16.0 Å². The zero-order valence-corrected chi connectivity index (χ0v) is 17.6. The van der Waals surface area contributed by atoms with Crippen LogP contribution in [0.25, 0.3) is 10.9 Å². The molecule has 3 rings (SSSR count). The number of nitrogens with zero attached hydrogens (tertiary/aromatic N) is 2. The first-order valence-electron chi connectivity index (χ1n) is 9.47. The van der Waals surface area contributed by atoms with Gasteiger partial charge in [0, 0.05) is 11.6 Å².